The van der Waals surface area contributed by atoms with Crippen LogP contribution in [0, 0.1) is 0 Å². The topological polar surface area (TPSA) is 21.3 Å². The molecule has 0 saturated carbocycles. The summed E-state index contributed by atoms with van der Waals surface area (Å²) < 4.78 is 5.95. The molecular weight excluding hydrogens is 234 g/mol. The van der Waals surface area contributed by atoms with E-state index in [1.807, 2.05) is 0 Å². The van der Waals surface area contributed by atoms with Crippen LogP contribution in [0.5, 0.6) is 5.75 Å². The zero-order chi connectivity index (χ0) is 13.9. The van der Waals surface area contributed by atoms with Gasteiger partial charge in [-0.25, -0.2) is 0 Å². The molecule has 0 aliphatic carbocycles. The maximum atomic E-state index is 5.95. The molecule has 0 aliphatic heterocycles. The molecule has 2 heteroatoms. The lowest BCUT2D eigenvalue weighted by Crippen LogP contribution is -2.14. The van der Waals surface area contributed by atoms with Gasteiger partial charge in [-0.05, 0) is 56.3 Å². The van der Waals surface area contributed by atoms with E-state index in [4.69, 9.17) is 4.74 Å². The average Bonchev–Trinajstić information content (AvgIpc) is 2.46. The zero-order valence-electron chi connectivity index (χ0n) is 12.7. The number of para-hydroxylation sites is 1. The van der Waals surface area contributed by atoms with E-state index in [0.29, 0.717) is 5.92 Å². The first-order chi connectivity index (χ1) is 9.29. The third-order valence-electron chi connectivity index (χ3n) is 3.57. The Balaban J connectivity index is 2.29. The van der Waals surface area contributed by atoms with Gasteiger partial charge in [-0.2, -0.15) is 0 Å². The quantitative estimate of drug-likeness (QED) is 0.633. The Labute approximate surface area is 118 Å². The van der Waals surface area contributed by atoms with Crippen LogP contribution in [0.3, 0.4) is 0 Å². The Morgan fingerprint density at radius 2 is 1.89 bits per heavy atom. The maximum absolute atomic E-state index is 5.95. The molecule has 19 heavy (non-hydrogen) atoms. The molecule has 0 aliphatic rings. The minimum atomic E-state index is 0.574. The molecule has 2 nitrogen and oxygen atoms in total. The summed E-state index contributed by atoms with van der Waals surface area (Å²) in [6.07, 6.45) is 4.77. The fourth-order valence-electron chi connectivity index (χ4n) is 2.13. The second-order valence-corrected chi connectivity index (χ2v) is 5.11. The smallest absolute Gasteiger partial charge is 0.122 e. The van der Waals surface area contributed by atoms with Crippen molar-refractivity contribution >= 4 is 0 Å². The maximum Gasteiger partial charge on any atom is 0.122 e. The standard InChI is InChI=1S/C17H29NO/c1-4-15(3)16-11-7-8-12-17(16)19-14-10-6-9-13-18-5-2/h7-8,11-12,15,18H,4-6,9-10,13-14H2,1-3H3. The number of hydrogen-bond acceptors (Lipinski definition) is 2. The van der Waals surface area contributed by atoms with Crippen molar-refractivity contribution in [3.63, 3.8) is 0 Å². The Morgan fingerprint density at radius 3 is 2.63 bits per heavy atom. The van der Waals surface area contributed by atoms with Crippen molar-refractivity contribution in [2.75, 3.05) is 19.7 Å². The first-order valence-electron chi connectivity index (χ1n) is 7.72. The van der Waals surface area contributed by atoms with Gasteiger partial charge >= 0.3 is 0 Å². The van der Waals surface area contributed by atoms with Crippen LogP contribution in [0.15, 0.2) is 24.3 Å². The number of hydrogen-bond donors (Lipinski definition) is 1. The number of nitrogens with one attached hydrogen (secondary N) is 1. The first kappa shape index (κ1) is 16.0. The molecule has 1 aromatic carbocycles. The molecule has 1 unspecified atom stereocenters. The van der Waals surface area contributed by atoms with Gasteiger partial charge in [-0.1, -0.05) is 39.0 Å². The summed E-state index contributed by atoms with van der Waals surface area (Å²) in [5.74, 6) is 1.65. The van der Waals surface area contributed by atoms with Crippen LogP contribution < -0.4 is 10.1 Å². The van der Waals surface area contributed by atoms with Crippen molar-refractivity contribution < 1.29 is 4.74 Å². The molecule has 1 aromatic rings. The molecule has 0 amide bonds. The number of unbranched alkanes of at least 4 members (excludes halogenated alkanes) is 2. The van der Waals surface area contributed by atoms with Crippen molar-refractivity contribution in [3.8, 4) is 5.75 Å². The van der Waals surface area contributed by atoms with Gasteiger partial charge in [0, 0.05) is 0 Å². The van der Waals surface area contributed by atoms with E-state index in [0.717, 1.165) is 38.3 Å². The number of rotatable bonds is 10. The molecule has 108 valence electrons. The Bertz CT molecular complexity index is 338. The summed E-state index contributed by atoms with van der Waals surface area (Å²) in [6, 6.07) is 8.45. The lowest BCUT2D eigenvalue weighted by molar-refractivity contribution is 0.300. The van der Waals surface area contributed by atoms with Crippen LogP contribution in [0.2, 0.25) is 0 Å². The molecule has 1 atom stereocenters. The number of ether oxygens (including phenoxy) is 1. The molecule has 0 radical (unpaired) electrons. The van der Waals surface area contributed by atoms with Crippen molar-refractivity contribution in [2.24, 2.45) is 0 Å². The van der Waals surface area contributed by atoms with Crippen molar-refractivity contribution in [1.82, 2.24) is 5.32 Å². The van der Waals surface area contributed by atoms with Gasteiger partial charge in [-0.15, -0.1) is 0 Å². The van der Waals surface area contributed by atoms with Crippen LogP contribution in [0.1, 0.15) is 57.9 Å². The lowest BCUT2D eigenvalue weighted by Gasteiger charge is -2.15. The van der Waals surface area contributed by atoms with Gasteiger partial charge in [0.15, 0.2) is 0 Å². The molecule has 0 heterocycles. The highest BCUT2D eigenvalue weighted by atomic mass is 16.5. The normalized spacial score (nSPS) is 12.4. The predicted octanol–water partition coefficient (Wildman–Crippen LogP) is 4.36. The zero-order valence-corrected chi connectivity index (χ0v) is 12.7. The highest BCUT2D eigenvalue weighted by Gasteiger charge is 2.08. The summed E-state index contributed by atoms with van der Waals surface area (Å²) in [7, 11) is 0. The van der Waals surface area contributed by atoms with E-state index in [1.165, 1.54) is 18.4 Å². The van der Waals surface area contributed by atoms with Crippen LogP contribution >= 0.6 is 0 Å². The van der Waals surface area contributed by atoms with E-state index >= 15 is 0 Å². The minimum absolute atomic E-state index is 0.574. The number of benzene rings is 1. The third kappa shape index (κ3) is 6.11. The Kier molecular flexibility index (Phi) is 8.31. The summed E-state index contributed by atoms with van der Waals surface area (Å²) >= 11 is 0. The van der Waals surface area contributed by atoms with Gasteiger partial charge in [0.05, 0.1) is 6.61 Å². The third-order valence-corrected chi connectivity index (χ3v) is 3.57. The molecule has 0 bridgehead atoms. The van der Waals surface area contributed by atoms with Gasteiger partial charge in [0.25, 0.3) is 0 Å². The molecule has 0 saturated heterocycles. The minimum Gasteiger partial charge on any atom is -0.493 e. The van der Waals surface area contributed by atoms with E-state index in [-0.39, 0.29) is 0 Å². The summed E-state index contributed by atoms with van der Waals surface area (Å²) in [5, 5.41) is 3.35. The van der Waals surface area contributed by atoms with E-state index < -0.39 is 0 Å². The molecule has 1 N–H and O–H groups in total. The summed E-state index contributed by atoms with van der Waals surface area (Å²) in [6.45, 7) is 9.66. The SMILES string of the molecule is CCNCCCCCOc1ccccc1C(C)CC. The molecular formula is C17H29NO. The van der Waals surface area contributed by atoms with Crippen LogP contribution in [-0.4, -0.2) is 19.7 Å². The van der Waals surface area contributed by atoms with Crippen molar-refractivity contribution in [1.29, 1.82) is 0 Å². The average molecular weight is 263 g/mol. The molecule has 1 rings (SSSR count). The van der Waals surface area contributed by atoms with Crippen LogP contribution in [-0.2, 0) is 0 Å². The van der Waals surface area contributed by atoms with Gasteiger partial charge in [0.1, 0.15) is 5.75 Å². The van der Waals surface area contributed by atoms with Crippen molar-refractivity contribution in [3.05, 3.63) is 29.8 Å². The summed E-state index contributed by atoms with van der Waals surface area (Å²) in [4.78, 5) is 0. The van der Waals surface area contributed by atoms with E-state index in [1.54, 1.807) is 0 Å². The second kappa shape index (κ2) is 9.85. The van der Waals surface area contributed by atoms with Gasteiger partial charge < -0.3 is 10.1 Å². The van der Waals surface area contributed by atoms with Gasteiger partial charge in [0.2, 0.25) is 0 Å². The molecule has 0 aromatic heterocycles. The lowest BCUT2D eigenvalue weighted by atomic mass is 9.98. The van der Waals surface area contributed by atoms with Crippen molar-refractivity contribution in [2.45, 2.75) is 52.4 Å². The first-order valence-corrected chi connectivity index (χ1v) is 7.72. The fraction of sp³-hybridized carbons (Fsp3) is 0.647. The largest absolute Gasteiger partial charge is 0.493 e. The summed E-state index contributed by atoms with van der Waals surface area (Å²) in [5.41, 5.74) is 1.35. The van der Waals surface area contributed by atoms with Crippen LogP contribution in [0.4, 0.5) is 0 Å². The van der Waals surface area contributed by atoms with E-state index in [9.17, 15) is 0 Å². The second-order valence-electron chi connectivity index (χ2n) is 5.11. The molecule has 0 fully saturated rings. The predicted molar refractivity (Wildman–Crippen MR) is 83.0 cm³/mol. The van der Waals surface area contributed by atoms with Gasteiger partial charge in [-0.3, -0.25) is 0 Å². The van der Waals surface area contributed by atoms with E-state index in [2.05, 4.69) is 50.4 Å². The Morgan fingerprint density at radius 1 is 1.11 bits per heavy atom. The highest BCUT2D eigenvalue weighted by Crippen LogP contribution is 2.28. The fourth-order valence-corrected chi connectivity index (χ4v) is 2.13. The highest BCUT2D eigenvalue weighted by molar-refractivity contribution is 5.35. The monoisotopic (exact) mass is 263 g/mol. The Hall–Kier alpha value is -1.02. The van der Waals surface area contributed by atoms with Crippen LogP contribution in [0.25, 0.3) is 0 Å². The molecule has 0 spiro atoms.